The van der Waals surface area contributed by atoms with Crippen molar-refractivity contribution in [3.8, 4) is 11.1 Å². The molecule has 1 fully saturated rings. The third-order valence-corrected chi connectivity index (χ3v) is 4.28. The van der Waals surface area contributed by atoms with E-state index in [0.29, 0.717) is 11.5 Å². The topological polar surface area (TPSA) is 37.3 Å². The fourth-order valence-corrected chi connectivity index (χ4v) is 2.86. The lowest BCUT2D eigenvalue weighted by Crippen LogP contribution is -2.10. The van der Waals surface area contributed by atoms with Gasteiger partial charge >= 0.3 is 5.97 Å². The van der Waals surface area contributed by atoms with Crippen molar-refractivity contribution in [2.45, 2.75) is 32.1 Å². The molecule has 2 nitrogen and oxygen atoms in total. The molecule has 0 heterocycles. The van der Waals surface area contributed by atoms with E-state index in [1.807, 2.05) is 25.1 Å². The van der Waals surface area contributed by atoms with Crippen molar-refractivity contribution in [1.29, 1.82) is 0 Å². The summed E-state index contributed by atoms with van der Waals surface area (Å²) in [6.45, 7) is 1.84. The molecule has 1 aliphatic rings. The van der Waals surface area contributed by atoms with Gasteiger partial charge in [-0.1, -0.05) is 42.8 Å². The molecule has 0 aliphatic heterocycles. The molecule has 0 amide bonds. The molecule has 0 bridgehead atoms. The number of carbonyl (C=O) groups is 1. The Labute approximate surface area is 119 Å². The van der Waals surface area contributed by atoms with E-state index in [1.165, 1.54) is 30.4 Å². The fourth-order valence-electron chi connectivity index (χ4n) is 2.86. The van der Waals surface area contributed by atoms with Crippen LogP contribution in [-0.2, 0) is 0 Å². The van der Waals surface area contributed by atoms with Gasteiger partial charge in [-0.15, -0.1) is 0 Å². The highest BCUT2D eigenvalue weighted by Gasteiger charge is 2.22. The minimum Gasteiger partial charge on any atom is -0.478 e. The van der Waals surface area contributed by atoms with Gasteiger partial charge in [0.1, 0.15) is 0 Å². The van der Waals surface area contributed by atoms with Crippen molar-refractivity contribution in [3.05, 3.63) is 59.2 Å². The van der Waals surface area contributed by atoms with Gasteiger partial charge in [0.25, 0.3) is 0 Å². The van der Waals surface area contributed by atoms with Crippen molar-refractivity contribution in [1.82, 2.24) is 0 Å². The second kappa shape index (κ2) is 5.12. The van der Waals surface area contributed by atoms with Crippen molar-refractivity contribution < 1.29 is 9.90 Å². The van der Waals surface area contributed by atoms with Crippen LogP contribution >= 0.6 is 0 Å². The first-order valence-corrected chi connectivity index (χ1v) is 7.10. The summed E-state index contributed by atoms with van der Waals surface area (Å²) in [7, 11) is 0. The minimum atomic E-state index is -0.856. The Morgan fingerprint density at radius 2 is 1.90 bits per heavy atom. The maximum atomic E-state index is 11.3. The van der Waals surface area contributed by atoms with Crippen molar-refractivity contribution in [3.63, 3.8) is 0 Å². The Hall–Kier alpha value is -2.09. The molecule has 0 saturated heterocycles. The van der Waals surface area contributed by atoms with Crippen molar-refractivity contribution >= 4 is 5.97 Å². The molecule has 1 saturated carbocycles. The van der Waals surface area contributed by atoms with E-state index in [0.717, 1.165) is 11.1 Å². The molecule has 2 heteroatoms. The van der Waals surface area contributed by atoms with Crippen LogP contribution in [0.5, 0.6) is 0 Å². The molecular weight excluding hydrogens is 248 g/mol. The first kappa shape index (κ1) is 12.9. The quantitative estimate of drug-likeness (QED) is 0.879. The summed E-state index contributed by atoms with van der Waals surface area (Å²) >= 11 is 0. The molecule has 1 aliphatic carbocycles. The van der Waals surface area contributed by atoms with E-state index in [4.69, 9.17) is 0 Å². The molecule has 3 rings (SSSR count). The van der Waals surface area contributed by atoms with Gasteiger partial charge in [0.2, 0.25) is 0 Å². The molecule has 2 aromatic carbocycles. The number of hydrogen-bond donors (Lipinski definition) is 1. The zero-order chi connectivity index (χ0) is 14.1. The number of benzene rings is 2. The zero-order valence-electron chi connectivity index (χ0n) is 11.6. The van der Waals surface area contributed by atoms with E-state index in [1.54, 1.807) is 6.07 Å². The summed E-state index contributed by atoms with van der Waals surface area (Å²) in [4.78, 5) is 11.3. The molecular formula is C18H18O2. The predicted octanol–water partition coefficient (Wildman–Crippen LogP) is 4.63. The number of aryl methyl sites for hydroxylation is 1. The average molecular weight is 266 g/mol. The molecule has 20 heavy (non-hydrogen) atoms. The normalized spacial score (nSPS) is 14.8. The third-order valence-electron chi connectivity index (χ3n) is 4.28. The Balaban J connectivity index is 2.09. The monoisotopic (exact) mass is 266 g/mol. The van der Waals surface area contributed by atoms with E-state index in [2.05, 4.69) is 18.2 Å². The summed E-state index contributed by atoms with van der Waals surface area (Å²) in [5, 5.41) is 9.27. The minimum absolute atomic E-state index is 0.394. The predicted molar refractivity (Wildman–Crippen MR) is 80.2 cm³/mol. The highest BCUT2D eigenvalue weighted by atomic mass is 16.4. The third kappa shape index (κ3) is 2.22. The summed E-state index contributed by atoms with van der Waals surface area (Å²) in [6, 6.07) is 14.1. The van der Waals surface area contributed by atoms with Gasteiger partial charge in [-0.3, -0.25) is 0 Å². The number of aromatic carboxylic acids is 1. The summed E-state index contributed by atoms with van der Waals surface area (Å²) < 4.78 is 0. The van der Waals surface area contributed by atoms with Gasteiger partial charge in [0.05, 0.1) is 5.56 Å². The van der Waals surface area contributed by atoms with Gasteiger partial charge in [0, 0.05) is 0 Å². The number of carboxylic acids is 1. The summed E-state index contributed by atoms with van der Waals surface area (Å²) in [6.07, 6.45) is 3.79. The summed E-state index contributed by atoms with van der Waals surface area (Å²) in [5.41, 5.74) is 4.75. The van der Waals surface area contributed by atoms with Crippen LogP contribution in [-0.4, -0.2) is 11.1 Å². The SMILES string of the molecule is Cc1ccc(-c2ccccc2C2CCC2)cc1C(=O)O. The zero-order valence-corrected chi connectivity index (χ0v) is 11.6. The van der Waals surface area contributed by atoms with Crippen LogP contribution in [0.15, 0.2) is 42.5 Å². The van der Waals surface area contributed by atoms with Crippen LogP contribution in [0.2, 0.25) is 0 Å². The average Bonchev–Trinajstić information content (AvgIpc) is 2.38. The Bertz CT molecular complexity index is 654. The summed E-state index contributed by atoms with van der Waals surface area (Å²) in [5.74, 6) is -0.216. The number of hydrogen-bond acceptors (Lipinski definition) is 1. The van der Waals surface area contributed by atoms with E-state index >= 15 is 0 Å². The van der Waals surface area contributed by atoms with Crippen LogP contribution in [0.3, 0.4) is 0 Å². The van der Waals surface area contributed by atoms with Gasteiger partial charge < -0.3 is 5.11 Å². The highest BCUT2D eigenvalue weighted by molar-refractivity contribution is 5.91. The lowest BCUT2D eigenvalue weighted by Gasteiger charge is -2.28. The lowest BCUT2D eigenvalue weighted by molar-refractivity contribution is 0.0696. The second-order valence-corrected chi connectivity index (χ2v) is 5.55. The van der Waals surface area contributed by atoms with Gasteiger partial charge in [-0.2, -0.15) is 0 Å². The van der Waals surface area contributed by atoms with Crippen LogP contribution in [0.4, 0.5) is 0 Å². The van der Waals surface area contributed by atoms with Crippen LogP contribution in [0.25, 0.3) is 11.1 Å². The highest BCUT2D eigenvalue weighted by Crippen LogP contribution is 2.41. The van der Waals surface area contributed by atoms with E-state index in [9.17, 15) is 9.90 Å². The molecule has 0 radical (unpaired) electrons. The van der Waals surface area contributed by atoms with E-state index < -0.39 is 5.97 Å². The van der Waals surface area contributed by atoms with E-state index in [-0.39, 0.29) is 0 Å². The van der Waals surface area contributed by atoms with Gasteiger partial charge in [-0.25, -0.2) is 4.79 Å². The molecule has 0 aromatic heterocycles. The van der Waals surface area contributed by atoms with Crippen molar-refractivity contribution in [2.75, 3.05) is 0 Å². The Morgan fingerprint density at radius 1 is 1.15 bits per heavy atom. The second-order valence-electron chi connectivity index (χ2n) is 5.55. The van der Waals surface area contributed by atoms with Crippen LogP contribution in [0.1, 0.15) is 46.7 Å². The Kier molecular flexibility index (Phi) is 3.31. The molecule has 0 unspecified atom stereocenters. The Morgan fingerprint density at radius 3 is 2.55 bits per heavy atom. The smallest absolute Gasteiger partial charge is 0.335 e. The van der Waals surface area contributed by atoms with Crippen LogP contribution < -0.4 is 0 Å². The molecule has 0 atom stereocenters. The number of carboxylic acid groups (broad SMARTS) is 1. The lowest BCUT2D eigenvalue weighted by atomic mass is 9.77. The first-order chi connectivity index (χ1) is 9.66. The molecule has 2 aromatic rings. The number of rotatable bonds is 3. The van der Waals surface area contributed by atoms with Crippen LogP contribution in [0, 0.1) is 6.92 Å². The van der Waals surface area contributed by atoms with Gasteiger partial charge in [-0.05, 0) is 54.0 Å². The first-order valence-electron chi connectivity index (χ1n) is 7.10. The fraction of sp³-hybridized carbons (Fsp3) is 0.278. The largest absolute Gasteiger partial charge is 0.478 e. The molecule has 102 valence electrons. The molecule has 1 N–H and O–H groups in total. The van der Waals surface area contributed by atoms with Crippen molar-refractivity contribution in [2.24, 2.45) is 0 Å². The maximum Gasteiger partial charge on any atom is 0.335 e. The molecule has 0 spiro atoms. The standard InChI is InChI=1S/C18H18O2/c1-12-9-10-14(11-17(12)18(19)20)16-8-3-2-7-15(16)13-5-4-6-13/h2-3,7-11,13H,4-6H2,1H3,(H,19,20). The maximum absolute atomic E-state index is 11.3. The van der Waals surface area contributed by atoms with Gasteiger partial charge in [0.15, 0.2) is 0 Å².